The first-order chi connectivity index (χ1) is 14.2. The molecule has 0 aliphatic heterocycles. The van der Waals surface area contributed by atoms with E-state index in [1.54, 1.807) is 6.08 Å². The normalized spacial score (nSPS) is 18.5. The Kier molecular flexibility index (Phi) is 8.50. The van der Waals surface area contributed by atoms with E-state index in [9.17, 15) is 9.00 Å². The van der Waals surface area contributed by atoms with Crippen molar-refractivity contribution < 1.29 is 13.4 Å². The molecule has 4 nitrogen and oxygen atoms in total. The lowest BCUT2D eigenvalue weighted by molar-refractivity contribution is -0.115. The minimum atomic E-state index is -2.72. The summed E-state index contributed by atoms with van der Waals surface area (Å²) in [5.74, 6) is 0.664. The number of carbonyl (C=O) groups excluding carboxylic acids is 1. The van der Waals surface area contributed by atoms with Crippen LogP contribution in [0.25, 0.3) is 0 Å². The van der Waals surface area contributed by atoms with E-state index in [0.717, 1.165) is 28.9 Å². The van der Waals surface area contributed by atoms with Crippen molar-refractivity contribution in [3.8, 4) is 0 Å². The first-order valence-corrected chi connectivity index (χ1v) is 16.0. The molecule has 31 heavy (non-hydrogen) atoms. The van der Waals surface area contributed by atoms with Gasteiger partial charge >= 0.3 is 0 Å². The fourth-order valence-electron chi connectivity index (χ4n) is 3.23. The second kappa shape index (κ2) is 10.1. The molecular formula is C25H41NO3SSi. The molecule has 0 bridgehead atoms. The zero-order chi connectivity index (χ0) is 23.4. The zero-order valence-corrected chi connectivity index (χ0v) is 22.5. The van der Waals surface area contributed by atoms with Crippen molar-refractivity contribution in [2.45, 2.75) is 89.9 Å². The minimum absolute atomic E-state index is 0.111. The van der Waals surface area contributed by atoms with Crippen LogP contribution in [0, 0.1) is 12.8 Å². The van der Waals surface area contributed by atoms with Crippen molar-refractivity contribution in [2.24, 2.45) is 10.3 Å². The maximum absolute atomic E-state index is 14.3. The average molecular weight is 464 g/mol. The Morgan fingerprint density at radius 2 is 1.74 bits per heavy atom. The molecule has 0 fully saturated rings. The van der Waals surface area contributed by atoms with Crippen molar-refractivity contribution in [2.75, 3.05) is 12.4 Å². The molecule has 0 saturated heterocycles. The predicted molar refractivity (Wildman–Crippen MR) is 134 cm³/mol. The van der Waals surface area contributed by atoms with E-state index in [2.05, 4.69) is 47.7 Å². The highest BCUT2D eigenvalue weighted by Crippen LogP contribution is 2.37. The van der Waals surface area contributed by atoms with Crippen LogP contribution in [0.1, 0.15) is 59.4 Å². The van der Waals surface area contributed by atoms with Crippen LogP contribution in [-0.4, -0.2) is 36.7 Å². The first kappa shape index (κ1) is 26.0. The molecule has 1 aliphatic rings. The Balaban J connectivity index is 2.45. The van der Waals surface area contributed by atoms with Gasteiger partial charge in [0.1, 0.15) is 0 Å². The van der Waals surface area contributed by atoms with Crippen LogP contribution in [0.4, 0.5) is 0 Å². The van der Waals surface area contributed by atoms with Crippen LogP contribution in [0.15, 0.2) is 45.2 Å². The van der Waals surface area contributed by atoms with Gasteiger partial charge < -0.3 is 4.43 Å². The van der Waals surface area contributed by atoms with Crippen LogP contribution < -0.4 is 0 Å². The van der Waals surface area contributed by atoms with Gasteiger partial charge in [0.2, 0.25) is 0 Å². The number of hydrogen-bond acceptors (Lipinski definition) is 4. The van der Waals surface area contributed by atoms with Crippen LogP contribution in [0.5, 0.6) is 0 Å². The SMILES string of the molecule is Cc1ccc([S@](=O)(CC2=CC(=O)CCC2)=N[C@@H](CO[Si](C)(C)C(C)(C)C)C(C)C)cc1. The van der Waals surface area contributed by atoms with Crippen molar-refractivity contribution in [1.29, 1.82) is 0 Å². The Bertz CT molecular complexity index is 917. The Labute approximate surface area is 191 Å². The van der Waals surface area contributed by atoms with Gasteiger partial charge in [0, 0.05) is 11.3 Å². The third-order valence-electron chi connectivity index (χ3n) is 6.55. The summed E-state index contributed by atoms with van der Waals surface area (Å²) in [4.78, 5) is 12.7. The molecular weight excluding hydrogens is 422 g/mol. The van der Waals surface area contributed by atoms with Crippen molar-refractivity contribution >= 4 is 23.8 Å². The van der Waals surface area contributed by atoms with E-state index in [1.807, 2.05) is 31.2 Å². The molecule has 2 rings (SSSR count). The molecule has 0 aromatic heterocycles. The topological polar surface area (TPSA) is 55.7 Å². The fourth-order valence-corrected chi connectivity index (χ4v) is 6.65. The van der Waals surface area contributed by atoms with Gasteiger partial charge in [-0.1, -0.05) is 57.9 Å². The molecule has 6 heteroatoms. The van der Waals surface area contributed by atoms with E-state index in [-0.39, 0.29) is 22.8 Å². The van der Waals surface area contributed by atoms with E-state index >= 15 is 0 Å². The number of benzene rings is 1. The lowest BCUT2D eigenvalue weighted by atomic mass is 10.0. The number of nitrogens with zero attached hydrogens (tertiary/aromatic N) is 1. The van der Waals surface area contributed by atoms with Crippen molar-refractivity contribution in [3.05, 3.63) is 41.5 Å². The second-order valence-corrected chi connectivity index (χ2v) is 17.8. The second-order valence-electron chi connectivity index (χ2n) is 10.7. The summed E-state index contributed by atoms with van der Waals surface area (Å²) in [6.07, 6.45) is 3.93. The number of hydrogen-bond donors (Lipinski definition) is 0. The summed E-state index contributed by atoms with van der Waals surface area (Å²) in [7, 11) is -4.65. The van der Waals surface area contributed by atoms with Crippen LogP contribution >= 0.6 is 0 Å². The van der Waals surface area contributed by atoms with Crippen LogP contribution in [-0.2, 0) is 18.9 Å². The number of ketones is 1. The number of aryl methyl sites for hydroxylation is 1. The Morgan fingerprint density at radius 1 is 1.13 bits per heavy atom. The third-order valence-corrected chi connectivity index (χ3v) is 13.4. The molecule has 174 valence electrons. The first-order valence-electron chi connectivity index (χ1n) is 11.4. The molecule has 0 N–H and O–H groups in total. The number of carbonyl (C=O) groups is 1. The van der Waals surface area contributed by atoms with Gasteiger partial charge in [-0.25, -0.2) is 8.57 Å². The molecule has 0 radical (unpaired) electrons. The molecule has 0 spiro atoms. The lowest BCUT2D eigenvalue weighted by Gasteiger charge is -2.37. The predicted octanol–water partition coefficient (Wildman–Crippen LogP) is 6.55. The summed E-state index contributed by atoms with van der Waals surface area (Å²) in [6, 6.07) is 7.67. The molecule has 1 aromatic carbocycles. The van der Waals surface area contributed by atoms with Gasteiger partial charge in [-0.05, 0) is 62.0 Å². The highest BCUT2D eigenvalue weighted by Gasteiger charge is 2.38. The minimum Gasteiger partial charge on any atom is -0.415 e. The summed E-state index contributed by atoms with van der Waals surface area (Å²) in [6.45, 7) is 17.9. The summed E-state index contributed by atoms with van der Waals surface area (Å²) in [5, 5.41) is 0.111. The highest BCUT2D eigenvalue weighted by atomic mass is 32.2. The quantitative estimate of drug-likeness (QED) is 0.411. The zero-order valence-electron chi connectivity index (χ0n) is 20.7. The van der Waals surface area contributed by atoms with E-state index in [1.165, 1.54) is 0 Å². The summed E-state index contributed by atoms with van der Waals surface area (Å²) >= 11 is 0. The smallest absolute Gasteiger partial charge is 0.192 e. The number of rotatable bonds is 8. The molecule has 2 atom stereocenters. The maximum Gasteiger partial charge on any atom is 0.192 e. The van der Waals surface area contributed by atoms with E-state index in [4.69, 9.17) is 8.79 Å². The van der Waals surface area contributed by atoms with Crippen molar-refractivity contribution in [3.63, 3.8) is 0 Å². The van der Waals surface area contributed by atoms with Gasteiger partial charge in [0.25, 0.3) is 0 Å². The molecule has 0 amide bonds. The van der Waals surface area contributed by atoms with E-state index in [0.29, 0.717) is 18.8 Å². The van der Waals surface area contributed by atoms with Gasteiger partial charge in [0.15, 0.2) is 14.1 Å². The van der Waals surface area contributed by atoms with Gasteiger partial charge in [-0.15, -0.1) is 0 Å². The van der Waals surface area contributed by atoms with Crippen LogP contribution in [0.2, 0.25) is 18.1 Å². The average Bonchev–Trinajstić information content (AvgIpc) is 2.64. The van der Waals surface area contributed by atoms with Gasteiger partial charge in [-0.3, -0.25) is 4.79 Å². The van der Waals surface area contributed by atoms with Crippen LogP contribution in [0.3, 0.4) is 0 Å². The third kappa shape index (κ3) is 7.12. The fraction of sp³-hybridized carbons (Fsp3) is 0.640. The molecule has 0 unspecified atom stereocenters. The van der Waals surface area contributed by atoms with E-state index < -0.39 is 18.0 Å². The molecule has 1 aromatic rings. The maximum atomic E-state index is 14.3. The largest absolute Gasteiger partial charge is 0.415 e. The molecule has 0 saturated carbocycles. The molecule has 1 aliphatic carbocycles. The monoisotopic (exact) mass is 463 g/mol. The Morgan fingerprint density at radius 3 is 2.26 bits per heavy atom. The van der Waals surface area contributed by atoms with Gasteiger partial charge in [0.05, 0.1) is 28.1 Å². The van der Waals surface area contributed by atoms with Gasteiger partial charge in [-0.2, -0.15) is 0 Å². The number of allylic oxidation sites excluding steroid dienone is 1. The Hall–Kier alpha value is -1.24. The summed E-state index contributed by atoms with van der Waals surface area (Å²) in [5.41, 5.74) is 2.08. The lowest BCUT2D eigenvalue weighted by Crippen LogP contribution is -2.43. The highest BCUT2D eigenvalue weighted by molar-refractivity contribution is 7.93. The summed E-state index contributed by atoms with van der Waals surface area (Å²) < 4.78 is 25.8. The standard InChI is InChI=1S/C25H41NO3SSi/c1-19(2)24(17-29-31(7,8)25(4,5)6)26-30(28,23-14-12-20(3)13-15-23)18-21-10-9-11-22(27)16-21/h12-16,19,24H,9-11,17-18H2,1-8H3/t24-,30+/m0/s1. The molecule has 0 heterocycles. The van der Waals surface area contributed by atoms with Crippen molar-refractivity contribution in [1.82, 2.24) is 0 Å².